The molecule has 1 heterocycles. The van der Waals surface area contributed by atoms with Gasteiger partial charge >= 0.3 is 6.18 Å². The molecular weight excluding hydrogens is 487 g/mol. The topological polar surface area (TPSA) is 77.8 Å². The lowest BCUT2D eigenvalue weighted by atomic mass is 10.1. The van der Waals surface area contributed by atoms with Gasteiger partial charge in [-0.2, -0.15) is 13.2 Å². The van der Waals surface area contributed by atoms with E-state index in [4.69, 9.17) is 13.9 Å². The maximum Gasteiger partial charge on any atom is 0.418 e. The van der Waals surface area contributed by atoms with Gasteiger partial charge in [-0.1, -0.05) is 42.5 Å². The lowest BCUT2D eigenvalue weighted by molar-refractivity contribution is -0.137. The van der Waals surface area contributed by atoms with Gasteiger partial charge in [-0.15, -0.1) is 0 Å². The van der Waals surface area contributed by atoms with Crippen LogP contribution in [0.25, 0.3) is 21.7 Å². The van der Waals surface area contributed by atoms with Crippen LogP contribution in [-0.2, 0) is 11.0 Å². The van der Waals surface area contributed by atoms with Crippen molar-refractivity contribution in [2.24, 2.45) is 0 Å². The zero-order chi connectivity index (χ0) is 26.0. The van der Waals surface area contributed by atoms with Crippen LogP contribution in [0.3, 0.4) is 0 Å². The molecule has 0 spiro atoms. The summed E-state index contributed by atoms with van der Waals surface area (Å²) in [5.74, 6) is -0.113. The summed E-state index contributed by atoms with van der Waals surface area (Å²) in [6, 6.07) is 22.2. The third-order valence-corrected chi connectivity index (χ3v) is 5.54. The predicted molar refractivity (Wildman–Crippen MR) is 132 cm³/mol. The van der Waals surface area contributed by atoms with Crippen molar-refractivity contribution in [2.45, 2.75) is 6.18 Å². The minimum atomic E-state index is -4.61. The molecule has 0 radical (unpaired) electrons. The summed E-state index contributed by atoms with van der Waals surface area (Å²) in [4.78, 5) is 25.1. The molecule has 1 N–H and O–H groups in total. The number of carbonyl (C=O) groups is 1. The van der Waals surface area contributed by atoms with E-state index in [2.05, 4.69) is 5.32 Å². The number of nitrogens with one attached hydrogen (secondary N) is 1. The Morgan fingerprint density at radius 2 is 1.59 bits per heavy atom. The molecule has 9 heteroatoms. The van der Waals surface area contributed by atoms with Crippen LogP contribution in [-0.4, -0.2) is 12.5 Å². The van der Waals surface area contributed by atoms with Crippen LogP contribution in [0.4, 0.5) is 18.9 Å². The number of para-hydroxylation sites is 1. The van der Waals surface area contributed by atoms with E-state index in [0.29, 0.717) is 5.75 Å². The average Bonchev–Trinajstić information content (AvgIpc) is 2.89. The fourth-order valence-corrected chi connectivity index (χ4v) is 3.78. The van der Waals surface area contributed by atoms with Gasteiger partial charge < -0.3 is 19.2 Å². The summed E-state index contributed by atoms with van der Waals surface area (Å²) in [5.41, 5.74) is -1.54. The maximum atomic E-state index is 13.1. The standard InChI is InChI=1S/C28H18F3NO5/c29-28(30,31)22-7-3-4-8-23(22)32-26(33)16-35-19-11-12-21-24(14-19)36-15-25(27(21)34)37-20-10-9-17-5-1-2-6-18(17)13-20/h1-15H,16H2,(H,32,33). The molecule has 0 aliphatic rings. The number of hydrogen-bond acceptors (Lipinski definition) is 5. The molecule has 0 saturated carbocycles. The van der Waals surface area contributed by atoms with Gasteiger partial charge in [0, 0.05) is 6.07 Å². The summed E-state index contributed by atoms with van der Waals surface area (Å²) < 4.78 is 56.0. The third kappa shape index (κ3) is 5.25. The molecule has 1 aromatic heterocycles. The Bertz CT molecular complexity index is 1680. The van der Waals surface area contributed by atoms with Crippen LogP contribution < -0.4 is 20.2 Å². The molecule has 186 valence electrons. The van der Waals surface area contributed by atoms with Crippen molar-refractivity contribution < 1.29 is 31.9 Å². The molecule has 0 aliphatic heterocycles. The van der Waals surface area contributed by atoms with Crippen molar-refractivity contribution in [2.75, 3.05) is 11.9 Å². The first-order chi connectivity index (χ1) is 17.8. The Morgan fingerprint density at radius 1 is 0.865 bits per heavy atom. The smallest absolute Gasteiger partial charge is 0.418 e. The molecule has 0 aliphatic carbocycles. The average molecular weight is 505 g/mol. The minimum absolute atomic E-state index is 0.000780. The molecule has 0 atom stereocenters. The molecule has 0 bridgehead atoms. The lowest BCUT2D eigenvalue weighted by Gasteiger charge is -2.14. The van der Waals surface area contributed by atoms with Gasteiger partial charge in [0.05, 0.1) is 16.6 Å². The van der Waals surface area contributed by atoms with E-state index in [1.54, 1.807) is 6.07 Å². The van der Waals surface area contributed by atoms with E-state index >= 15 is 0 Å². The second kappa shape index (κ2) is 9.69. The Morgan fingerprint density at radius 3 is 2.41 bits per heavy atom. The first-order valence-corrected chi connectivity index (χ1v) is 11.1. The third-order valence-electron chi connectivity index (χ3n) is 5.54. The molecule has 0 unspecified atom stereocenters. The van der Waals surface area contributed by atoms with Gasteiger partial charge in [0.25, 0.3) is 5.91 Å². The van der Waals surface area contributed by atoms with Crippen LogP contribution in [0.15, 0.2) is 100 Å². The molecule has 4 aromatic carbocycles. The molecule has 1 amide bonds. The van der Waals surface area contributed by atoms with Crippen molar-refractivity contribution in [1.29, 1.82) is 0 Å². The number of rotatable bonds is 6. The molecule has 37 heavy (non-hydrogen) atoms. The van der Waals surface area contributed by atoms with Crippen LogP contribution in [0, 0.1) is 0 Å². The SMILES string of the molecule is O=C(COc1ccc2c(=O)c(Oc3ccc4ccccc4c3)coc2c1)Nc1ccccc1C(F)(F)F. The highest BCUT2D eigenvalue weighted by Gasteiger charge is 2.33. The first kappa shape index (κ1) is 23.9. The number of anilines is 1. The maximum absolute atomic E-state index is 13.1. The first-order valence-electron chi connectivity index (χ1n) is 11.1. The Balaban J connectivity index is 1.29. The second-order valence-corrected chi connectivity index (χ2v) is 8.08. The lowest BCUT2D eigenvalue weighted by Crippen LogP contribution is -2.22. The Hall–Kier alpha value is -4.79. The molecule has 0 saturated heterocycles. The second-order valence-electron chi connectivity index (χ2n) is 8.08. The fraction of sp³-hybridized carbons (Fsp3) is 0.0714. The van der Waals surface area contributed by atoms with Crippen LogP contribution in [0.2, 0.25) is 0 Å². The molecule has 5 aromatic rings. The summed E-state index contributed by atoms with van der Waals surface area (Å²) in [5, 5.41) is 4.42. The highest BCUT2D eigenvalue weighted by atomic mass is 19.4. The number of ether oxygens (including phenoxy) is 2. The van der Waals surface area contributed by atoms with E-state index in [-0.39, 0.29) is 28.2 Å². The van der Waals surface area contributed by atoms with Crippen molar-refractivity contribution in [3.05, 3.63) is 107 Å². The van der Waals surface area contributed by atoms with Crippen molar-refractivity contribution >= 4 is 33.3 Å². The van der Waals surface area contributed by atoms with E-state index in [0.717, 1.165) is 22.9 Å². The Labute approximate surface area is 207 Å². The minimum Gasteiger partial charge on any atom is -0.484 e. The van der Waals surface area contributed by atoms with E-state index in [1.807, 2.05) is 36.4 Å². The van der Waals surface area contributed by atoms with Gasteiger partial charge in [-0.05, 0) is 47.2 Å². The molecule has 6 nitrogen and oxygen atoms in total. The van der Waals surface area contributed by atoms with Crippen LogP contribution >= 0.6 is 0 Å². The molecular formula is C28H18F3NO5. The number of carbonyl (C=O) groups excluding carboxylic acids is 1. The van der Waals surface area contributed by atoms with Gasteiger partial charge in [0.15, 0.2) is 6.61 Å². The van der Waals surface area contributed by atoms with Gasteiger partial charge in [-0.3, -0.25) is 9.59 Å². The summed E-state index contributed by atoms with van der Waals surface area (Å²) in [6.45, 7) is -0.551. The van der Waals surface area contributed by atoms with Crippen molar-refractivity contribution in [3.8, 4) is 17.2 Å². The highest BCUT2D eigenvalue weighted by molar-refractivity contribution is 5.93. The number of benzene rings is 4. The predicted octanol–water partition coefficient (Wildman–Crippen LogP) is 6.77. The van der Waals surface area contributed by atoms with Gasteiger partial charge in [0.2, 0.25) is 11.2 Å². The van der Waals surface area contributed by atoms with E-state index in [1.165, 1.54) is 36.6 Å². The van der Waals surface area contributed by atoms with Gasteiger partial charge in [-0.25, -0.2) is 0 Å². The zero-order valence-corrected chi connectivity index (χ0v) is 19.0. The molecule has 5 rings (SSSR count). The molecule has 0 fully saturated rings. The number of alkyl halides is 3. The van der Waals surface area contributed by atoms with Crippen LogP contribution in [0.1, 0.15) is 5.56 Å². The van der Waals surface area contributed by atoms with E-state index in [9.17, 15) is 22.8 Å². The number of hydrogen-bond donors (Lipinski definition) is 1. The van der Waals surface area contributed by atoms with Crippen molar-refractivity contribution in [3.63, 3.8) is 0 Å². The van der Waals surface area contributed by atoms with Gasteiger partial charge in [0.1, 0.15) is 23.3 Å². The number of halogens is 3. The summed E-state index contributed by atoms with van der Waals surface area (Å²) in [7, 11) is 0. The zero-order valence-electron chi connectivity index (χ0n) is 19.0. The number of fused-ring (bicyclic) bond motifs is 2. The normalized spacial score (nSPS) is 11.4. The summed E-state index contributed by atoms with van der Waals surface area (Å²) >= 11 is 0. The fourth-order valence-electron chi connectivity index (χ4n) is 3.78. The monoisotopic (exact) mass is 505 g/mol. The largest absolute Gasteiger partial charge is 0.484 e. The highest BCUT2D eigenvalue weighted by Crippen LogP contribution is 2.34. The van der Waals surface area contributed by atoms with Crippen LogP contribution in [0.5, 0.6) is 17.2 Å². The number of amides is 1. The van der Waals surface area contributed by atoms with E-state index < -0.39 is 29.7 Å². The quantitative estimate of drug-likeness (QED) is 0.275. The Kier molecular flexibility index (Phi) is 6.27. The summed E-state index contributed by atoms with van der Waals surface area (Å²) in [6.07, 6.45) is -3.43. The van der Waals surface area contributed by atoms with Crippen molar-refractivity contribution in [1.82, 2.24) is 0 Å².